The van der Waals surface area contributed by atoms with Crippen molar-refractivity contribution in [2.75, 3.05) is 33.8 Å². The number of nitrogens with zero attached hydrogens (tertiary/aromatic N) is 1. The normalized spacial score (nSPS) is 20.4. The molecule has 3 nitrogen and oxygen atoms in total. The van der Waals surface area contributed by atoms with Gasteiger partial charge in [-0.2, -0.15) is 0 Å². The lowest BCUT2D eigenvalue weighted by molar-refractivity contribution is 0.107. The molecule has 1 fully saturated rings. The lowest BCUT2D eigenvalue weighted by Crippen LogP contribution is -2.22. The summed E-state index contributed by atoms with van der Waals surface area (Å²) in [4.78, 5) is 2.47. The van der Waals surface area contributed by atoms with Crippen molar-refractivity contribution < 1.29 is 4.74 Å². The number of nitrogens with one attached hydrogen (secondary N) is 1. The number of likely N-dealkylation sites (tertiary alicyclic amines) is 1. The zero-order chi connectivity index (χ0) is 12.8. The number of likely N-dealkylation sites (N-methyl/N-ethyl adjacent to an activating group) is 1. The molecule has 0 radical (unpaired) electrons. The third kappa shape index (κ3) is 3.80. The first kappa shape index (κ1) is 13.5. The van der Waals surface area contributed by atoms with Gasteiger partial charge in [0.1, 0.15) is 0 Å². The van der Waals surface area contributed by atoms with Gasteiger partial charge in [-0.15, -0.1) is 0 Å². The second-order valence-electron chi connectivity index (χ2n) is 5.05. The Morgan fingerprint density at radius 2 is 2.00 bits per heavy atom. The maximum Gasteiger partial charge on any atom is 0.0710 e. The summed E-state index contributed by atoms with van der Waals surface area (Å²) < 4.78 is 5.39. The third-order valence-electron chi connectivity index (χ3n) is 3.66. The van der Waals surface area contributed by atoms with Crippen molar-refractivity contribution in [3.63, 3.8) is 0 Å². The molecule has 100 valence electrons. The Balaban J connectivity index is 1.83. The van der Waals surface area contributed by atoms with Gasteiger partial charge >= 0.3 is 0 Å². The average Bonchev–Trinajstić information content (AvgIpc) is 2.86. The number of ether oxygens (including phenoxy) is 1. The lowest BCUT2D eigenvalue weighted by atomic mass is 10.1. The van der Waals surface area contributed by atoms with Crippen molar-refractivity contribution in [2.24, 2.45) is 0 Å². The molecule has 1 saturated heterocycles. The van der Waals surface area contributed by atoms with Crippen LogP contribution in [0.1, 0.15) is 17.5 Å². The summed E-state index contributed by atoms with van der Waals surface area (Å²) >= 11 is 0. The Hall–Kier alpha value is -0.900. The van der Waals surface area contributed by atoms with Gasteiger partial charge in [0.25, 0.3) is 0 Å². The molecule has 1 aliphatic rings. The van der Waals surface area contributed by atoms with E-state index in [1.165, 1.54) is 11.1 Å². The summed E-state index contributed by atoms with van der Waals surface area (Å²) in [6.45, 7) is 4.31. The molecule has 1 aromatic rings. The second kappa shape index (κ2) is 6.88. The topological polar surface area (TPSA) is 24.5 Å². The van der Waals surface area contributed by atoms with Gasteiger partial charge in [-0.3, -0.25) is 4.90 Å². The van der Waals surface area contributed by atoms with Crippen molar-refractivity contribution in [1.29, 1.82) is 0 Å². The van der Waals surface area contributed by atoms with E-state index >= 15 is 0 Å². The number of hydrogen-bond donors (Lipinski definition) is 1. The van der Waals surface area contributed by atoms with E-state index in [0.29, 0.717) is 6.10 Å². The summed E-state index contributed by atoms with van der Waals surface area (Å²) in [5.41, 5.74) is 2.81. The van der Waals surface area contributed by atoms with Crippen LogP contribution in [0.4, 0.5) is 0 Å². The Bertz CT molecular complexity index is 350. The zero-order valence-corrected chi connectivity index (χ0v) is 11.5. The highest BCUT2D eigenvalue weighted by Gasteiger charge is 2.21. The minimum atomic E-state index is 0.430. The van der Waals surface area contributed by atoms with Gasteiger partial charge in [0.15, 0.2) is 0 Å². The molecule has 0 bridgehead atoms. The van der Waals surface area contributed by atoms with Gasteiger partial charge in [-0.05, 0) is 37.6 Å². The molecule has 0 saturated carbocycles. The van der Waals surface area contributed by atoms with Crippen LogP contribution in [0.25, 0.3) is 0 Å². The fourth-order valence-electron chi connectivity index (χ4n) is 2.47. The summed E-state index contributed by atoms with van der Waals surface area (Å²) in [5, 5.41) is 3.18. The Kier molecular flexibility index (Phi) is 5.17. The lowest BCUT2D eigenvalue weighted by Gasteiger charge is -2.15. The fourth-order valence-corrected chi connectivity index (χ4v) is 2.47. The van der Waals surface area contributed by atoms with E-state index in [-0.39, 0.29) is 0 Å². The first-order valence-corrected chi connectivity index (χ1v) is 6.79. The molecule has 1 aliphatic heterocycles. The van der Waals surface area contributed by atoms with Crippen LogP contribution >= 0.6 is 0 Å². The van der Waals surface area contributed by atoms with Crippen LogP contribution in [-0.2, 0) is 17.7 Å². The highest BCUT2D eigenvalue weighted by atomic mass is 16.5. The van der Waals surface area contributed by atoms with Crippen LogP contribution in [0.3, 0.4) is 0 Å². The van der Waals surface area contributed by atoms with Crippen molar-refractivity contribution >= 4 is 0 Å². The Morgan fingerprint density at radius 1 is 1.28 bits per heavy atom. The number of hydrogen-bond acceptors (Lipinski definition) is 3. The van der Waals surface area contributed by atoms with Gasteiger partial charge in [0.2, 0.25) is 0 Å². The van der Waals surface area contributed by atoms with E-state index in [4.69, 9.17) is 4.74 Å². The molecule has 0 amide bonds. The predicted molar refractivity (Wildman–Crippen MR) is 74.8 cm³/mol. The van der Waals surface area contributed by atoms with Crippen LogP contribution < -0.4 is 5.32 Å². The smallest absolute Gasteiger partial charge is 0.0710 e. The monoisotopic (exact) mass is 248 g/mol. The SMILES string of the molecule is CNCCc1ccc(CN2CCC(OC)C2)cc1. The first-order chi connectivity index (χ1) is 8.81. The summed E-state index contributed by atoms with van der Waals surface area (Å²) in [6, 6.07) is 9.00. The predicted octanol–water partition coefficient (Wildman–Crippen LogP) is 1.67. The second-order valence-corrected chi connectivity index (χ2v) is 5.05. The first-order valence-electron chi connectivity index (χ1n) is 6.79. The van der Waals surface area contributed by atoms with Crippen LogP contribution in [0.15, 0.2) is 24.3 Å². The van der Waals surface area contributed by atoms with Crippen LogP contribution in [0, 0.1) is 0 Å². The molecule has 18 heavy (non-hydrogen) atoms. The molecule has 1 N–H and O–H groups in total. The molecule has 3 heteroatoms. The molecule has 0 spiro atoms. The van der Waals surface area contributed by atoms with Crippen LogP contribution in [0.2, 0.25) is 0 Å². The molecule has 0 aliphatic carbocycles. The van der Waals surface area contributed by atoms with Gasteiger partial charge in [-0.25, -0.2) is 0 Å². The van der Waals surface area contributed by atoms with Crippen LogP contribution in [0.5, 0.6) is 0 Å². The van der Waals surface area contributed by atoms with Gasteiger partial charge in [0, 0.05) is 26.7 Å². The quantitative estimate of drug-likeness (QED) is 0.829. The van der Waals surface area contributed by atoms with Crippen LogP contribution in [-0.4, -0.2) is 44.8 Å². The molecule has 1 heterocycles. The Morgan fingerprint density at radius 3 is 2.61 bits per heavy atom. The summed E-state index contributed by atoms with van der Waals surface area (Å²) in [5.74, 6) is 0. The van der Waals surface area contributed by atoms with Gasteiger partial charge in [-0.1, -0.05) is 24.3 Å². The molecule has 1 unspecified atom stereocenters. The number of methoxy groups -OCH3 is 1. The van der Waals surface area contributed by atoms with E-state index in [0.717, 1.165) is 39.0 Å². The molecule has 2 rings (SSSR count). The maximum atomic E-state index is 5.39. The molecule has 1 aromatic carbocycles. The fraction of sp³-hybridized carbons (Fsp3) is 0.600. The highest BCUT2D eigenvalue weighted by Crippen LogP contribution is 2.15. The van der Waals surface area contributed by atoms with E-state index < -0.39 is 0 Å². The minimum Gasteiger partial charge on any atom is -0.380 e. The molecular weight excluding hydrogens is 224 g/mol. The molecule has 1 atom stereocenters. The summed E-state index contributed by atoms with van der Waals surface area (Å²) in [6.07, 6.45) is 2.70. The molecule has 0 aromatic heterocycles. The highest BCUT2D eigenvalue weighted by molar-refractivity contribution is 5.22. The third-order valence-corrected chi connectivity index (χ3v) is 3.66. The number of benzene rings is 1. The van der Waals surface area contributed by atoms with Crippen molar-refractivity contribution in [3.05, 3.63) is 35.4 Å². The largest absolute Gasteiger partial charge is 0.380 e. The minimum absolute atomic E-state index is 0.430. The number of rotatable bonds is 6. The zero-order valence-electron chi connectivity index (χ0n) is 11.5. The Labute approximate surface area is 110 Å². The summed E-state index contributed by atoms with van der Waals surface area (Å²) in [7, 11) is 3.80. The van der Waals surface area contributed by atoms with E-state index in [1.54, 1.807) is 0 Å². The van der Waals surface area contributed by atoms with E-state index in [1.807, 2.05) is 14.2 Å². The maximum absolute atomic E-state index is 5.39. The standard InChI is InChI=1S/C15H24N2O/c1-16-9-7-13-3-5-14(6-4-13)11-17-10-8-15(12-17)18-2/h3-6,15-16H,7-12H2,1-2H3. The van der Waals surface area contributed by atoms with E-state index in [9.17, 15) is 0 Å². The van der Waals surface area contributed by atoms with Gasteiger partial charge in [0.05, 0.1) is 6.10 Å². The molecular formula is C15H24N2O. The van der Waals surface area contributed by atoms with Gasteiger partial charge < -0.3 is 10.1 Å². The average molecular weight is 248 g/mol. The van der Waals surface area contributed by atoms with Crippen molar-refractivity contribution in [2.45, 2.75) is 25.5 Å². The van der Waals surface area contributed by atoms with Crippen molar-refractivity contribution in [3.8, 4) is 0 Å². The van der Waals surface area contributed by atoms with Crippen molar-refractivity contribution in [1.82, 2.24) is 10.2 Å². The van der Waals surface area contributed by atoms with E-state index in [2.05, 4.69) is 34.5 Å².